The molecule has 6 nitrogen and oxygen atoms in total. The van der Waals surface area contributed by atoms with E-state index in [-0.39, 0.29) is 15.3 Å². The standard InChI is InChI=1S/C12H8Br2N4O2S/c1-7-4-8(5-15)2-3-9(7)21(19,20)18-12-11(14)17-10(13)6-16-12/h2-4,6H,1H3,(H,16,18). The second-order valence-corrected chi connectivity index (χ2v) is 7.24. The van der Waals surface area contributed by atoms with Crippen molar-refractivity contribution in [1.29, 1.82) is 5.26 Å². The SMILES string of the molecule is Cc1cc(C#N)ccc1S(=O)(=O)Nc1ncc(Br)nc1Br. The third-order valence-electron chi connectivity index (χ3n) is 2.53. The number of aromatic nitrogens is 2. The van der Waals surface area contributed by atoms with Gasteiger partial charge < -0.3 is 0 Å². The number of hydrogen-bond donors (Lipinski definition) is 1. The molecular weight excluding hydrogens is 424 g/mol. The highest BCUT2D eigenvalue weighted by atomic mass is 79.9. The van der Waals surface area contributed by atoms with Crippen LogP contribution in [0.5, 0.6) is 0 Å². The van der Waals surface area contributed by atoms with Crippen molar-refractivity contribution in [3.05, 3.63) is 44.7 Å². The van der Waals surface area contributed by atoms with Crippen LogP contribution in [0.15, 0.2) is 38.5 Å². The first kappa shape index (κ1) is 15.9. The van der Waals surface area contributed by atoms with Crippen molar-refractivity contribution in [3.63, 3.8) is 0 Å². The molecule has 0 aliphatic rings. The summed E-state index contributed by atoms with van der Waals surface area (Å²) < 4.78 is 27.8. The first-order valence-electron chi connectivity index (χ1n) is 5.55. The van der Waals surface area contributed by atoms with E-state index in [2.05, 4.69) is 46.5 Å². The molecule has 1 heterocycles. The zero-order valence-corrected chi connectivity index (χ0v) is 14.6. The lowest BCUT2D eigenvalue weighted by Gasteiger charge is -2.10. The van der Waals surface area contributed by atoms with Crippen LogP contribution >= 0.6 is 31.9 Å². The Morgan fingerprint density at radius 3 is 2.62 bits per heavy atom. The molecule has 0 fully saturated rings. The van der Waals surface area contributed by atoms with Crippen molar-refractivity contribution in [1.82, 2.24) is 9.97 Å². The van der Waals surface area contributed by atoms with Crippen LogP contribution in [0, 0.1) is 18.3 Å². The van der Waals surface area contributed by atoms with Crippen molar-refractivity contribution >= 4 is 47.7 Å². The molecular formula is C12H8Br2N4O2S. The molecule has 2 rings (SSSR count). The molecule has 0 amide bonds. The minimum absolute atomic E-state index is 0.0816. The summed E-state index contributed by atoms with van der Waals surface area (Å²) in [6.45, 7) is 1.62. The minimum Gasteiger partial charge on any atom is -0.261 e. The number of rotatable bonds is 3. The minimum atomic E-state index is -3.81. The van der Waals surface area contributed by atoms with Crippen LogP contribution in [-0.2, 0) is 10.0 Å². The fourth-order valence-electron chi connectivity index (χ4n) is 1.62. The summed E-state index contributed by atoms with van der Waals surface area (Å²) in [5.74, 6) is 0.0851. The highest BCUT2D eigenvalue weighted by Gasteiger charge is 2.19. The van der Waals surface area contributed by atoms with E-state index in [0.29, 0.717) is 15.7 Å². The lowest BCUT2D eigenvalue weighted by atomic mass is 10.2. The van der Waals surface area contributed by atoms with Crippen molar-refractivity contribution in [2.45, 2.75) is 11.8 Å². The van der Waals surface area contributed by atoms with Crippen molar-refractivity contribution in [3.8, 4) is 6.07 Å². The molecule has 1 aromatic carbocycles. The third-order valence-corrected chi connectivity index (χ3v) is 4.96. The predicted molar refractivity (Wildman–Crippen MR) is 84.1 cm³/mol. The van der Waals surface area contributed by atoms with Gasteiger partial charge in [-0.2, -0.15) is 5.26 Å². The Kier molecular flexibility index (Phi) is 4.61. The summed E-state index contributed by atoms with van der Waals surface area (Å²) in [5, 5.41) is 8.81. The molecule has 0 aliphatic carbocycles. The van der Waals surface area contributed by atoms with Crippen LogP contribution in [0.2, 0.25) is 0 Å². The molecule has 108 valence electrons. The fraction of sp³-hybridized carbons (Fsp3) is 0.0833. The molecule has 2 aromatic rings. The van der Waals surface area contributed by atoms with Crippen LogP contribution < -0.4 is 4.72 Å². The number of hydrogen-bond acceptors (Lipinski definition) is 5. The number of aryl methyl sites for hydroxylation is 1. The Morgan fingerprint density at radius 1 is 1.33 bits per heavy atom. The lowest BCUT2D eigenvalue weighted by Crippen LogP contribution is -2.16. The summed E-state index contributed by atoms with van der Waals surface area (Å²) >= 11 is 6.28. The van der Waals surface area contributed by atoms with Gasteiger partial charge in [0.25, 0.3) is 10.0 Å². The lowest BCUT2D eigenvalue weighted by molar-refractivity contribution is 0.600. The number of halogens is 2. The molecule has 21 heavy (non-hydrogen) atoms. The van der Waals surface area contributed by atoms with Crippen LogP contribution in [0.3, 0.4) is 0 Å². The maximum Gasteiger partial charge on any atom is 0.263 e. The average Bonchev–Trinajstić information content (AvgIpc) is 2.41. The summed E-state index contributed by atoms with van der Waals surface area (Å²) in [6, 6.07) is 6.31. The van der Waals surface area contributed by atoms with Crippen LogP contribution in [0.25, 0.3) is 0 Å². The fourth-order valence-corrected chi connectivity index (χ4v) is 3.90. The summed E-state index contributed by atoms with van der Waals surface area (Å²) in [4.78, 5) is 8.04. The molecule has 0 saturated carbocycles. The first-order valence-corrected chi connectivity index (χ1v) is 8.62. The summed E-state index contributed by atoms with van der Waals surface area (Å²) in [5.41, 5.74) is 0.874. The Labute approximate surface area is 138 Å². The first-order chi connectivity index (χ1) is 9.83. The van der Waals surface area contributed by atoms with Gasteiger partial charge in [-0.1, -0.05) is 0 Å². The largest absolute Gasteiger partial charge is 0.263 e. The van der Waals surface area contributed by atoms with E-state index in [1.165, 1.54) is 24.4 Å². The second kappa shape index (κ2) is 6.09. The Balaban J connectivity index is 2.41. The van der Waals surface area contributed by atoms with E-state index in [9.17, 15) is 8.42 Å². The van der Waals surface area contributed by atoms with Crippen LogP contribution in [0.1, 0.15) is 11.1 Å². The zero-order valence-electron chi connectivity index (χ0n) is 10.6. The Hall–Kier alpha value is -1.50. The average molecular weight is 432 g/mol. The zero-order chi connectivity index (χ0) is 15.6. The number of anilines is 1. The van der Waals surface area contributed by atoms with Crippen molar-refractivity contribution < 1.29 is 8.42 Å². The molecule has 0 atom stereocenters. The van der Waals surface area contributed by atoms with E-state index in [1.807, 2.05) is 6.07 Å². The maximum absolute atomic E-state index is 12.4. The molecule has 0 unspecified atom stereocenters. The van der Waals surface area contributed by atoms with Gasteiger partial charge in [-0.15, -0.1) is 0 Å². The molecule has 0 aliphatic heterocycles. The second-order valence-electron chi connectivity index (χ2n) is 4.03. The van der Waals surface area contributed by atoms with Gasteiger partial charge in [-0.3, -0.25) is 4.72 Å². The van der Waals surface area contributed by atoms with Gasteiger partial charge in [0, 0.05) is 0 Å². The van der Waals surface area contributed by atoms with Gasteiger partial charge in [-0.05, 0) is 62.5 Å². The van der Waals surface area contributed by atoms with E-state index >= 15 is 0 Å². The third kappa shape index (κ3) is 3.58. The number of benzene rings is 1. The van der Waals surface area contributed by atoms with Gasteiger partial charge in [0.15, 0.2) is 10.4 Å². The van der Waals surface area contributed by atoms with Crippen LogP contribution in [-0.4, -0.2) is 18.4 Å². The van der Waals surface area contributed by atoms with E-state index < -0.39 is 10.0 Å². The van der Waals surface area contributed by atoms with Gasteiger partial charge in [0.1, 0.15) is 4.60 Å². The summed E-state index contributed by atoms with van der Waals surface area (Å²) in [6.07, 6.45) is 1.38. The predicted octanol–water partition coefficient (Wildman–Crippen LogP) is 2.98. The molecule has 9 heteroatoms. The van der Waals surface area contributed by atoms with E-state index in [0.717, 1.165) is 0 Å². The number of nitrogens with one attached hydrogen (secondary N) is 1. The Bertz CT molecular complexity index is 847. The molecule has 1 aromatic heterocycles. The highest BCUT2D eigenvalue weighted by molar-refractivity contribution is 9.11. The van der Waals surface area contributed by atoms with Gasteiger partial charge in [0.2, 0.25) is 0 Å². The molecule has 0 bridgehead atoms. The number of nitriles is 1. The highest BCUT2D eigenvalue weighted by Crippen LogP contribution is 2.24. The molecule has 1 N–H and O–H groups in total. The van der Waals surface area contributed by atoms with Crippen molar-refractivity contribution in [2.75, 3.05) is 4.72 Å². The van der Waals surface area contributed by atoms with Crippen molar-refractivity contribution in [2.24, 2.45) is 0 Å². The summed E-state index contributed by atoms with van der Waals surface area (Å²) in [7, 11) is -3.81. The molecule has 0 saturated heterocycles. The monoisotopic (exact) mass is 430 g/mol. The number of nitrogens with zero attached hydrogens (tertiary/aromatic N) is 3. The van der Waals surface area contributed by atoms with Crippen LogP contribution in [0.4, 0.5) is 5.82 Å². The van der Waals surface area contributed by atoms with E-state index in [1.54, 1.807) is 6.92 Å². The van der Waals surface area contributed by atoms with Gasteiger partial charge in [-0.25, -0.2) is 18.4 Å². The maximum atomic E-state index is 12.4. The Morgan fingerprint density at radius 2 is 2.05 bits per heavy atom. The number of sulfonamides is 1. The quantitative estimate of drug-likeness (QED) is 0.805. The topological polar surface area (TPSA) is 95.7 Å². The van der Waals surface area contributed by atoms with Gasteiger partial charge >= 0.3 is 0 Å². The smallest absolute Gasteiger partial charge is 0.261 e. The normalized spacial score (nSPS) is 11.0. The van der Waals surface area contributed by atoms with E-state index in [4.69, 9.17) is 5.26 Å². The molecule has 0 spiro atoms. The molecule has 0 radical (unpaired) electrons. The van der Waals surface area contributed by atoms with Gasteiger partial charge in [0.05, 0.1) is 22.7 Å².